The van der Waals surface area contributed by atoms with E-state index in [2.05, 4.69) is 6.58 Å². The van der Waals surface area contributed by atoms with Crippen molar-refractivity contribution in [1.82, 2.24) is 0 Å². The molecule has 1 nitrogen and oxygen atoms in total. The first-order valence-electron chi connectivity index (χ1n) is 4.31. The maximum absolute atomic E-state index is 5.78. The molecule has 0 bridgehead atoms. The van der Waals surface area contributed by atoms with Crippen LogP contribution in [0.15, 0.2) is 30.8 Å². The van der Waals surface area contributed by atoms with Crippen LogP contribution in [-0.4, -0.2) is 12.7 Å². The predicted octanol–water partition coefficient (Wildman–Crippen LogP) is 3.14. The molecule has 2 heteroatoms. The van der Waals surface area contributed by atoms with Crippen molar-refractivity contribution in [2.24, 2.45) is 0 Å². The minimum atomic E-state index is 0.406. The third kappa shape index (κ3) is 2.33. The summed E-state index contributed by atoms with van der Waals surface area (Å²) in [6.45, 7) is 4.89. The summed E-state index contributed by atoms with van der Waals surface area (Å²) in [6, 6.07) is 7.76. The van der Waals surface area contributed by atoms with Crippen LogP contribution in [0.25, 0.3) is 5.57 Å². The van der Waals surface area contributed by atoms with Crippen LogP contribution in [0.4, 0.5) is 0 Å². The van der Waals surface area contributed by atoms with Gasteiger partial charge in [-0.25, -0.2) is 0 Å². The van der Waals surface area contributed by atoms with Crippen molar-refractivity contribution in [1.29, 1.82) is 0 Å². The van der Waals surface area contributed by atoms with Gasteiger partial charge in [-0.15, -0.1) is 0 Å². The van der Waals surface area contributed by atoms with E-state index in [1.165, 1.54) is 0 Å². The van der Waals surface area contributed by atoms with Gasteiger partial charge in [0.05, 0.1) is 12.7 Å². The van der Waals surface area contributed by atoms with E-state index in [0.717, 1.165) is 29.2 Å². The van der Waals surface area contributed by atoms with Crippen LogP contribution in [0.5, 0.6) is 0 Å². The normalized spacial score (nSPS) is 19.9. The molecule has 0 spiro atoms. The molecule has 1 aliphatic heterocycles. The molecule has 1 heterocycles. The lowest BCUT2D eigenvalue weighted by Gasteiger charge is -2.03. The molecule has 1 aliphatic rings. The van der Waals surface area contributed by atoms with Gasteiger partial charge in [-0.3, -0.25) is 0 Å². The standard InChI is InChI=1S/C11H11ClO/c1-8(6-11-7-13-11)9-2-4-10(12)5-3-9/h2-5,11H,1,6-7H2. The van der Waals surface area contributed by atoms with Crippen molar-refractivity contribution >= 4 is 17.2 Å². The first kappa shape index (κ1) is 8.79. The first-order chi connectivity index (χ1) is 6.25. The topological polar surface area (TPSA) is 12.5 Å². The van der Waals surface area contributed by atoms with Gasteiger partial charge in [0.25, 0.3) is 0 Å². The molecule has 68 valence electrons. The minimum absolute atomic E-state index is 0.406. The SMILES string of the molecule is C=C(CC1CO1)c1ccc(Cl)cc1. The van der Waals surface area contributed by atoms with E-state index in [1.807, 2.05) is 24.3 Å². The Bertz CT molecular complexity index is 311. The van der Waals surface area contributed by atoms with E-state index in [9.17, 15) is 0 Å². The van der Waals surface area contributed by atoms with Gasteiger partial charge in [-0.05, 0) is 23.3 Å². The molecule has 1 fully saturated rings. The molecule has 13 heavy (non-hydrogen) atoms. The summed E-state index contributed by atoms with van der Waals surface area (Å²) >= 11 is 5.78. The lowest BCUT2D eigenvalue weighted by molar-refractivity contribution is 0.412. The quantitative estimate of drug-likeness (QED) is 0.674. The molecule has 0 aromatic heterocycles. The summed E-state index contributed by atoms with van der Waals surface area (Å²) in [5, 5.41) is 0.763. The van der Waals surface area contributed by atoms with Gasteiger partial charge in [-0.1, -0.05) is 30.3 Å². The largest absolute Gasteiger partial charge is 0.373 e. The molecular weight excluding hydrogens is 184 g/mol. The molecule has 1 saturated heterocycles. The Balaban J connectivity index is 2.05. The first-order valence-corrected chi connectivity index (χ1v) is 4.69. The van der Waals surface area contributed by atoms with Crippen LogP contribution in [0, 0.1) is 0 Å². The lowest BCUT2D eigenvalue weighted by Crippen LogP contribution is -1.88. The summed E-state index contributed by atoms with van der Waals surface area (Å²) < 4.78 is 5.14. The molecule has 1 aromatic rings. The van der Waals surface area contributed by atoms with Crippen LogP contribution >= 0.6 is 11.6 Å². The zero-order valence-corrected chi connectivity index (χ0v) is 8.05. The maximum Gasteiger partial charge on any atom is 0.0850 e. The molecular formula is C11H11ClO. The monoisotopic (exact) mass is 194 g/mol. The van der Waals surface area contributed by atoms with Crippen molar-refractivity contribution in [3.05, 3.63) is 41.4 Å². The average Bonchev–Trinajstić information content (AvgIpc) is 2.89. The lowest BCUT2D eigenvalue weighted by atomic mass is 10.0. The number of epoxide rings is 1. The Morgan fingerprint density at radius 2 is 2.08 bits per heavy atom. The van der Waals surface area contributed by atoms with E-state index >= 15 is 0 Å². The van der Waals surface area contributed by atoms with Crippen LogP contribution in [0.3, 0.4) is 0 Å². The molecule has 0 amide bonds. The molecule has 1 unspecified atom stereocenters. The van der Waals surface area contributed by atoms with E-state index in [1.54, 1.807) is 0 Å². The molecule has 0 N–H and O–H groups in total. The smallest absolute Gasteiger partial charge is 0.0850 e. The molecule has 2 rings (SSSR count). The minimum Gasteiger partial charge on any atom is -0.373 e. The fraction of sp³-hybridized carbons (Fsp3) is 0.273. The zero-order chi connectivity index (χ0) is 9.26. The van der Waals surface area contributed by atoms with E-state index in [0.29, 0.717) is 6.10 Å². The van der Waals surface area contributed by atoms with Gasteiger partial charge in [0.2, 0.25) is 0 Å². The van der Waals surface area contributed by atoms with Gasteiger partial charge in [0, 0.05) is 11.4 Å². The second-order valence-electron chi connectivity index (χ2n) is 3.27. The maximum atomic E-state index is 5.78. The molecule has 0 radical (unpaired) electrons. The zero-order valence-electron chi connectivity index (χ0n) is 7.29. The molecule has 1 atom stereocenters. The Labute approximate surface area is 83.0 Å². The summed E-state index contributed by atoms with van der Waals surface area (Å²) in [4.78, 5) is 0. The number of ether oxygens (including phenoxy) is 1. The van der Waals surface area contributed by atoms with Crippen molar-refractivity contribution in [2.45, 2.75) is 12.5 Å². The number of hydrogen-bond donors (Lipinski definition) is 0. The van der Waals surface area contributed by atoms with Crippen molar-refractivity contribution < 1.29 is 4.74 Å². The van der Waals surface area contributed by atoms with Gasteiger partial charge in [-0.2, -0.15) is 0 Å². The van der Waals surface area contributed by atoms with Gasteiger partial charge >= 0.3 is 0 Å². The number of benzene rings is 1. The van der Waals surface area contributed by atoms with Crippen molar-refractivity contribution in [2.75, 3.05) is 6.61 Å². The van der Waals surface area contributed by atoms with Gasteiger partial charge in [0.1, 0.15) is 0 Å². The summed E-state index contributed by atoms with van der Waals surface area (Å²) in [7, 11) is 0. The van der Waals surface area contributed by atoms with Crippen LogP contribution in [0.1, 0.15) is 12.0 Å². The third-order valence-electron chi connectivity index (χ3n) is 2.13. The van der Waals surface area contributed by atoms with E-state index in [4.69, 9.17) is 16.3 Å². The summed E-state index contributed by atoms with van der Waals surface area (Å²) in [5.41, 5.74) is 2.28. The fourth-order valence-corrected chi connectivity index (χ4v) is 1.39. The van der Waals surface area contributed by atoms with Gasteiger partial charge < -0.3 is 4.74 Å². The Morgan fingerprint density at radius 1 is 1.46 bits per heavy atom. The molecule has 1 aromatic carbocycles. The van der Waals surface area contributed by atoms with Gasteiger partial charge in [0.15, 0.2) is 0 Å². The van der Waals surface area contributed by atoms with Crippen LogP contribution < -0.4 is 0 Å². The van der Waals surface area contributed by atoms with Crippen LogP contribution in [0.2, 0.25) is 5.02 Å². The molecule has 0 saturated carbocycles. The highest BCUT2D eigenvalue weighted by Gasteiger charge is 2.23. The number of hydrogen-bond acceptors (Lipinski definition) is 1. The van der Waals surface area contributed by atoms with Crippen molar-refractivity contribution in [3.63, 3.8) is 0 Å². The highest BCUT2D eigenvalue weighted by atomic mass is 35.5. The Hall–Kier alpha value is -0.790. The fourth-order valence-electron chi connectivity index (χ4n) is 1.26. The van der Waals surface area contributed by atoms with Crippen molar-refractivity contribution in [3.8, 4) is 0 Å². The predicted molar refractivity (Wildman–Crippen MR) is 54.8 cm³/mol. The highest BCUT2D eigenvalue weighted by Crippen LogP contribution is 2.25. The molecule has 0 aliphatic carbocycles. The van der Waals surface area contributed by atoms with E-state index < -0.39 is 0 Å². The summed E-state index contributed by atoms with van der Waals surface area (Å²) in [6.07, 6.45) is 1.34. The summed E-state index contributed by atoms with van der Waals surface area (Å²) in [5.74, 6) is 0. The van der Waals surface area contributed by atoms with Crippen LogP contribution in [-0.2, 0) is 4.74 Å². The highest BCUT2D eigenvalue weighted by molar-refractivity contribution is 6.30. The Kier molecular flexibility index (Phi) is 2.38. The Morgan fingerprint density at radius 3 is 2.62 bits per heavy atom. The number of halogens is 1. The second-order valence-corrected chi connectivity index (χ2v) is 3.71. The van der Waals surface area contributed by atoms with E-state index in [-0.39, 0.29) is 0 Å². The second kappa shape index (κ2) is 3.52. The third-order valence-corrected chi connectivity index (χ3v) is 2.38. The average molecular weight is 195 g/mol. The number of rotatable bonds is 3.